The summed E-state index contributed by atoms with van der Waals surface area (Å²) in [4.78, 5) is 26.1. The van der Waals surface area contributed by atoms with Gasteiger partial charge in [-0.3, -0.25) is 14.4 Å². The molecular formula is C9H10N2O5. The molecular weight excluding hydrogens is 216 g/mol. The van der Waals surface area contributed by atoms with Gasteiger partial charge >= 0.3 is 0 Å². The van der Waals surface area contributed by atoms with E-state index in [1.165, 1.54) is 18.2 Å². The van der Waals surface area contributed by atoms with Gasteiger partial charge in [-0.25, -0.2) is 5.48 Å². The van der Waals surface area contributed by atoms with Crippen molar-refractivity contribution in [1.82, 2.24) is 5.48 Å². The molecule has 0 aromatic heterocycles. The molecule has 0 radical (unpaired) electrons. The zero-order valence-electron chi connectivity index (χ0n) is 8.14. The zero-order valence-corrected chi connectivity index (χ0v) is 8.14. The van der Waals surface area contributed by atoms with Crippen molar-refractivity contribution in [3.05, 3.63) is 23.8 Å². The van der Waals surface area contributed by atoms with Crippen LogP contribution in [0, 0.1) is 0 Å². The van der Waals surface area contributed by atoms with Crippen molar-refractivity contribution < 1.29 is 24.6 Å². The van der Waals surface area contributed by atoms with Crippen LogP contribution >= 0.6 is 0 Å². The fourth-order valence-electron chi connectivity index (χ4n) is 0.942. The Morgan fingerprint density at radius 1 is 1.38 bits per heavy atom. The molecule has 0 heterocycles. The van der Waals surface area contributed by atoms with Gasteiger partial charge in [0, 0.05) is 0 Å². The fraction of sp³-hybridized carbons (Fsp3) is 0.111. The summed E-state index contributed by atoms with van der Waals surface area (Å²) in [5.41, 5.74) is 6.48. The number of para-hydroxylation sites is 1. The van der Waals surface area contributed by atoms with Gasteiger partial charge in [0.2, 0.25) is 5.91 Å². The van der Waals surface area contributed by atoms with Crippen molar-refractivity contribution in [2.24, 2.45) is 5.73 Å². The minimum atomic E-state index is -0.797. The lowest BCUT2D eigenvalue weighted by molar-refractivity contribution is -0.124. The molecule has 16 heavy (non-hydrogen) atoms. The quantitative estimate of drug-likeness (QED) is 0.397. The Labute approximate surface area is 90.4 Å². The predicted molar refractivity (Wildman–Crippen MR) is 52.4 cm³/mol. The summed E-state index contributed by atoms with van der Waals surface area (Å²) in [6, 6.07) is 3.87. The van der Waals surface area contributed by atoms with Crippen LogP contribution in [-0.4, -0.2) is 28.6 Å². The number of hydroxylamine groups is 1. The van der Waals surface area contributed by atoms with Crippen LogP contribution in [0.5, 0.6) is 11.5 Å². The van der Waals surface area contributed by atoms with E-state index in [1.807, 2.05) is 5.48 Å². The van der Waals surface area contributed by atoms with E-state index >= 15 is 0 Å². The van der Waals surface area contributed by atoms with Crippen LogP contribution in [0.1, 0.15) is 10.4 Å². The molecule has 0 aliphatic carbocycles. The third-order valence-electron chi connectivity index (χ3n) is 1.64. The van der Waals surface area contributed by atoms with Crippen LogP contribution in [0.3, 0.4) is 0 Å². The van der Waals surface area contributed by atoms with Crippen LogP contribution in [0.25, 0.3) is 0 Å². The highest BCUT2D eigenvalue weighted by Crippen LogP contribution is 2.27. The maximum absolute atomic E-state index is 11.3. The van der Waals surface area contributed by atoms with E-state index in [4.69, 9.17) is 10.8 Å². The van der Waals surface area contributed by atoms with Crippen molar-refractivity contribution in [2.45, 2.75) is 0 Å². The van der Waals surface area contributed by atoms with Crippen LogP contribution in [0.4, 0.5) is 0 Å². The molecule has 7 nitrogen and oxygen atoms in total. The number of carbonyl (C=O) groups excluding carboxylic acids is 2. The minimum Gasteiger partial charge on any atom is -0.504 e. The normalized spacial score (nSPS) is 9.75. The molecule has 0 saturated heterocycles. The SMILES string of the molecule is NC(=O)CONC(=O)c1cccc(O)c1O. The number of nitrogens with two attached hydrogens (primary N) is 1. The van der Waals surface area contributed by atoms with E-state index in [0.717, 1.165) is 0 Å². The monoisotopic (exact) mass is 226 g/mol. The molecule has 1 aromatic carbocycles. The van der Waals surface area contributed by atoms with E-state index in [9.17, 15) is 14.7 Å². The Hall–Kier alpha value is -2.28. The number of hydrogen-bond acceptors (Lipinski definition) is 5. The summed E-state index contributed by atoms with van der Waals surface area (Å²) in [5.74, 6) is -2.54. The van der Waals surface area contributed by atoms with Gasteiger partial charge in [0.25, 0.3) is 5.91 Å². The number of aromatic hydroxyl groups is 2. The standard InChI is InChI=1S/C9H10N2O5/c10-7(13)4-16-11-9(15)5-2-1-3-6(12)8(5)14/h1-3,12,14H,4H2,(H2,10,13)(H,11,15). The van der Waals surface area contributed by atoms with Crippen molar-refractivity contribution in [3.63, 3.8) is 0 Å². The molecule has 2 amide bonds. The Balaban J connectivity index is 2.66. The number of primary amides is 1. The molecule has 0 spiro atoms. The van der Waals surface area contributed by atoms with Gasteiger partial charge in [-0.05, 0) is 12.1 Å². The average Bonchev–Trinajstić information content (AvgIpc) is 2.21. The molecule has 0 aliphatic rings. The van der Waals surface area contributed by atoms with Gasteiger partial charge in [-0.1, -0.05) is 6.07 Å². The number of nitrogens with one attached hydrogen (secondary N) is 1. The van der Waals surface area contributed by atoms with Gasteiger partial charge in [-0.2, -0.15) is 0 Å². The molecule has 0 bridgehead atoms. The molecule has 0 unspecified atom stereocenters. The average molecular weight is 226 g/mol. The van der Waals surface area contributed by atoms with E-state index in [-0.39, 0.29) is 5.56 Å². The number of phenols is 2. The fourth-order valence-corrected chi connectivity index (χ4v) is 0.942. The smallest absolute Gasteiger partial charge is 0.278 e. The lowest BCUT2D eigenvalue weighted by Crippen LogP contribution is -2.29. The van der Waals surface area contributed by atoms with Gasteiger partial charge in [0.05, 0.1) is 5.56 Å². The summed E-state index contributed by atoms with van der Waals surface area (Å²) >= 11 is 0. The van der Waals surface area contributed by atoms with E-state index in [2.05, 4.69) is 4.84 Å². The first-order valence-electron chi connectivity index (χ1n) is 4.23. The second-order valence-electron chi connectivity index (χ2n) is 2.86. The highest BCUT2D eigenvalue weighted by molar-refractivity contribution is 5.97. The topological polar surface area (TPSA) is 122 Å². The number of amides is 2. The van der Waals surface area contributed by atoms with Crippen LogP contribution in [0.2, 0.25) is 0 Å². The minimum absolute atomic E-state index is 0.176. The third-order valence-corrected chi connectivity index (χ3v) is 1.64. The summed E-state index contributed by atoms with van der Waals surface area (Å²) in [5, 5.41) is 18.4. The Morgan fingerprint density at radius 2 is 2.06 bits per heavy atom. The van der Waals surface area contributed by atoms with Gasteiger partial charge in [-0.15, -0.1) is 0 Å². The van der Waals surface area contributed by atoms with Gasteiger partial charge < -0.3 is 15.9 Å². The maximum atomic E-state index is 11.3. The molecule has 0 aliphatic heterocycles. The first kappa shape index (κ1) is 11.8. The Kier molecular flexibility index (Phi) is 3.67. The molecule has 0 atom stereocenters. The van der Waals surface area contributed by atoms with E-state index < -0.39 is 29.9 Å². The van der Waals surface area contributed by atoms with Crippen molar-refractivity contribution in [2.75, 3.05) is 6.61 Å². The molecule has 0 fully saturated rings. The second-order valence-corrected chi connectivity index (χ2v) is 2.86. The van der Waals surface area contributed by atoms with Gasteiger partial charge in [0.1, 0.15) is 0 Å². The van der Waals surface area contributed by atoms with E-state index in [0.29, 0.717) is 0 Å². The van der Waals surface area contributed by atoms with Crippen molar-refractivity contribution >= 4 is 11.8 Å². The van der Waals surface area contributed by atoms with Crippen LogP contribution in [-0.2, 0) is 9.63 Å². The number of carbonyl (C=O) groups is 2. The van der Waals surface area contributed by atoms with Crippen molar-refractivity contribution in [3.8, 4) is 11.5 Å². The van der Waals surface area contributed by atoms with Crippen LogP contribution in [0.15, 0.2) is 18.2 Å². The third kappa shape index (κ3) is 2.85. The molecule has 86 valence electrons. The lowest BCUT2D eigenvalue weighted by atomic mass is 10.2. The second kappa shape index (κ2) is 4.99. The zero-order chi connectivity index (χ0) is 12.1. The molecule has 1 rings (SSSR count). The number of hydrogen-bond donors (Lipinski definition) is 4. The van der Waals surface area contributed by atoms with E-state index in [1.54, 1.807) is 0 Å². The summed E-state index contributed by atoms with van der Waals surface area (Å²) in [6.07, 6.45) is 0. The Bertz CT molecular complexity index is 418. The predicted octanol–water partition coefficient (Wildman–Crippen LogP) is -0.755. The number of rotatable bonds is 4. The first-order chi connectivity index (χ1) is 7.52. The number of phenolic OH excluding ortho intramolecular Hbond substituents is 2. The van der Waals surface area contributed by atoms with Crippen molar-refractivity contribution in [1.29, 1.82) is 0 Å². The molecule has 7 heteroatoms. The largest absolute Gasteiger partial charge is 0.504 e. The number of benzene rings is 1. The summed E-state index contributed by atoms with van der Waals surface area (Å²) in [6.45, 7) is -0.481. The molecule has 0 saturated carbocycles. The Morgan fingerprint density at radius 3 is 2.69 bits per heavy atom. The van der Waals surface area contributed by atoms with Crippen LogP contribution < -0.4 is 11.2 Å². The maximum Gasteiger partial charge on any atom is 0.278 e. The van der Waals surface area contributed by atoms with Gasteiger partial charge in [0.15, 0.2) is 18.1 Å². The summed E-state index contributed by atoms with van der Waals surface area (Å²) < 4.78 is 0. The molecule has 1 aromatic rings. The first-order valence-corrected chi connectivity index (χ1v) is 4.23. The highest BCUT2D eigenvalue weighted by atomic mass is 16.7. The summed E-state index contributed by atoms with van der Waals surface area (Å²) in [7, 11) is 0. The molecule has 5 N–H and O–H groups in total. The highest BCUT2D eigenvalue weighted by Gasteiger charge is 2.13. The lowest BCUT2D eigenvalue weighted by Gasteiger charge is -2.06.